The molecule has 184 valence electrons. The van der Waals surface area contributed by atoms with Crippen LogP contribution in [0.15, 0.2) is 24.3 Å². The molecular formula is C27H46O5. The van der Waals surface area contributed by atoms with Crippen LogP contribution in [0, 0.1) is 11.8 Å². The van der Waals surface area contributed by atoms with Gasteiger partial charge in [0.15, 0.2) is 12.1 Å². The highest BCUT2D eigenvalue weighted by Crippen LogP contribution is 2.48. The molecule has 5 nitrogen and oxygen atoms in total. The summed E-state index contributed by atoms with van der Waals surface area (Å²) in [6.45, 7) is 4.76. The van der Waals surface area contributed by atoms with Crippen LogP contribution in [0.2, 0.25) is 0 Å². The molecule has 0 aromatic rings. The first-order valence-electron chi connectivity index (χ1n) is 13.3. The zero-order valence-electron chi connectivity index (χ0n) is 20.2. The molecule has 2 heterocycles. The molecule has 0 aromatic heterocycles. The van der Waals surface area contributed by atoms with Gasteiger partial charge in [-0.15, -0.1) is 0 Å². The molecule has 1 aliphatic carbocycles. The summed E-state index contributed by atoms with van der Waals surface area (Å²) in [5.74, 6) is 0.382. The number of hydrogen-bond donors (Lipinski definition) is 1. The van der Waals surface area contributed by atoms with Crippen LogP contribution in [0.4, 0.5) is 0 Å². The smallest absolute Gasteiger partial charge is 0.172 e. The third-order valence-electron chi connectivity index (χ3n) is 7.15. The minimum atomic E-state index is -0.407. The molecule has 2 saturated heterocycles. The Morgan fingerprint density at radius 3 is 2.66 bits per heavy atom. The number of hydrogen-bond acceptors (Lipinski definition) is 5. The number of aliphatic hydroxyl groups excluding tert-OH is 1. The number of rotatable bonds is 14. The van der Waals surface area contributed by atoms with Crippen molar-refractivity contribution in [3.8, 4) is 0 Å². The van der Waals surface area contributed by atoms with Crippen LogP contribution >= 0.6 is 0 Å². The van der Waals surface area contributed by atoms with E-state index >= 15 is 0 Å². The molecule has 1 unspecified atom stereocenters. The van der Waals surface area contributed by atoms with E-state index in [9.17, 15) is 0 Å². The van der Waals surface area contributed by atoms with Crippen LogP contribution in [-0.2, 0) is 18.9 Å². The maximum Gasteiger partial charge on any atom is 0.172 e. The summed E-state index contributed by atoms with van der Waals surface area (Å²) in [4.78, 5) is 0. The van der Waals surface area contributed by atoms with Gasteiger partial charge in [0.05, 0.1) is 19.3 Å². The molecule has 0 bridgehead atoms. The van der Waals surface area contributed by atoms with E-state index < -0.39 is 5.79 Å². The molecule has 1 N–H and O–H groups in total. The highest BCUT2D eigenvalue weighted by Gasteiger charge is 2.51. The summed E-state index contributed by atoms with van der Waals surface area (Å²) in [6.07, 6.45) is 23.4. The number of aliphatic hydroxyl groups is 1. The monoisotopic (exact) mass is 450 g/mol. The van der Waals surface area contributed by atoms with Gasteiger partial charge >= 0.3 is 0 Å². The molecule has 0 radical (unpaired) electrons. The molecule has 0 aromatic carbocycles. The quantitative estimate of drug-likeness (QED) is 0.263. The van der Waals surface area contributed by atoms with Gasteiger partial charge in [-0.2, -0.15) is 0 Å². The maximum absolute atomic E-state index is 8.96. The third-order valence-corrected chi connectivity index (χ3v) is 7.15. The Balaban J connectivity index is 1.60. The Hall–Kier alpha value is -0.720. The lowest BCUT2D eigenvalue weighted by molar-refractivity contribution is -0.184. The second-order valence-corrected chi connectivity index (χ2v) is 9.60. The predicted molar refractivity (Wildman–Crippen MR) is 127 cm³/mol. The van der Waals surface area contributed by atoms with Gasteiger partial charge < -0.3 is 24.1 Å². The molecular weight excluding hydrogens is 404 g/mol. The Morgan fingerprint density at radius 1 is 1.03 bits per heavy atom. The average molecular weight is 451 g/mol. The summed E-state index contributed by atoms with van der Waals surface area (Å²) in [6, 6.07) is 0. The second kappa shape index (κ2) is 14.5. The van der Waals surface area contributed by atoms with Gasteiger partial charge in [-0.25, -0.2) is 0 Å². The second-order valence-electron chi connectivity index (χ2n) is 9.60. The van der Waals surface area contributed by atoms with Gasteiger partial charge in [0.25, 0.3) is 0 Å². The highest BCUT2D eigenvalue weighted by molar-refractivity contribution is 5.07. The molecule has 1 saturated carbocycles. The van der Waals surface area contributed by atoms with Crippen molar-refractivity contribution in [2.24, 2.45) is 11.8 Å². The van der Waals surface area contributed by atoms with Crippen molar-refractivity contribution in [1.82, 2.24) is 0 Å². The van der Waals surface area contributed by atoms with Crippen molar-refractivity contribution < 1.29 is 24.1 Å². The average Bonchev–Trinajstić information content (AvgIpc) is 3.43. The summed E-state index contributed by atoms with van der Waals surface area (Å²) in [7, 11) is 0. The molecule has 3 fully saturated rings. The normalized spacial score (nSPS) is 29.0. The van der Waals surface area contributed by atoms with Crippen molar-refractivity contribution in [2.45, 2.75) is 109 Å². The maximum atomic E-state index is 8.96. The minimum Gasteiger partial charge on any atom is -0.396 e. The van der Waals surface area contributed by atoms with Gasteiger partial charge in [-0.3, -0.25) is 0 Å². The number of ether oxygens (including phenoxy) is 4. The number of allylic oxidation sites excluding steroid dienone is 3. The molecule has 2 aliphatic heterocycles. The Labute approximate surface area is 195 Å². The van der Waals surface area contributed by atoms with Crippen LogP contribution < -0.4 is 0 Å². The summed E-state index contributed by atoms with van der Waals surface area (Å²) in [5, 5.41) is 8.96. The van der Waals surface area contributed by atoms with Crippen LogP contribution in [0.5, 0.6) is 0 Å². The summed E-state index contributed by atoms with van der Waals surface area (Å²) in [5.41, 5.74) is 0. The lowest BCUT2D eigenvalue weighted by Gasteiger charge is -2.31. The van der Waals surface area contributed by atoms with Gasteiger partial charge in [-0.1, -0.05) is 50.5 Å². The van der Waals surface area contributed by atoms with Crippen LogP contribution in [-0.4, -0.2) is 49.7 Å². The van der Waals surface area contributed by atoms with Gasteiger partial charge in [0, 0.05) is 25.6 Å². The Morgan fingerprint density at radius 2 is 1.91 bits per heavy atom. The Bertz CT molecular complexity index is 548. The first-order chi connectivity index (χ1) is 15.8. The Kier molecular flexibility index (Phi) is 11.8. The fourth-order valence-corrected chi connectivity index (χ4v) is 5.31. The van der Waals surface area contributed by atoms with E-state index in [1.807, 2.05) is 0 Å². The minimum absolute atomic E-state index is 0.0471. The molecule has 5 heteroatoms. The van der Waals surface area contributed by atoms with Gasteiger partial charge in [0.1, 0.15) is 0 Å². The van der Waals surface area contributed by atoms with Crippen LogP contribution in [0.25, 0.3) is 0 Å². The van der Waals surface area contributed by atoms with Crippen LogP contribution in [0.1, 0.15) is 90.4 Å². The SMILES string of the molecule is CCCCC[C@@H](C=C[C@H]1CCC2(OCCO2)[C@@H]1CC=CCCCCO)OC1CCCCO1. The van der Waals surface area contributed by atoms with Crippen molar-refractivity contribution in [1.29, 1.82) is 0 Å². The van der Waals surface area contributed by atoms with E-state index in [4.69, 9.17) is 24.1 Å². The van der Waals surface area contributed by atoms with E-state index in [0.717, 1.165) is 64.4 Å². The van der Waals surface area contributed by atoms with Crippen molar-refractivity contribution in [2.75, 3.05) is 26.4 Å². The van der Waals surface area contributed by atoms with Gasteiger partial charge in [0.2, 0.25) is 0 Å². The molecule has 3 rings (SSSR count). The van der Waals surface area contributed by atoms with E-state index in [1.54, 1.807) is 0 Å². The molecule has 0 amide bonds. The van der Waals surface area contributed by atoms with Crippen molar-refractivity contribution in [3.63, 3.8) is 0 Å². The topological polar surface area (TPSA) is 57.2 Å². The lowest BCUT2D eigenvalue weighted by Crippen LogP contribution is -2.36. The predicted octanol–water partition coefficient (Wildman–Crippen LogP) is 5.91. The van der Waals surface area contributed by atoms with E-state index in [2.05, 4.69) is 31.2 Å². The largest absolute Gasteiger partial charge is 0.396 e. The van der Waals surface area contributed by atoms with Crippen molar-refractivity contribution >= 4 is 0 Å². The fourth-order valence-electron chi connectivity index (χ4n) is 5.31. The third kappa shape index (κ3) is 7.95. The van der Waals surface area contributed by atoms with Crippen molar-refractivity contribution in [3.05, 3.63) is 24.3 Å². The first kappa shape index (κ1) is 25.9. The fraction of sp³-hybridized carbons (Fsp3) is 0.852. The highest BCUT2D eigenvalue weighted by atomic mass is 16.7. The number of unbranched alkanes of at least 4 members (excludes halogenated alkanes) is 4. The molecule has 3 aliphatic rings. The molecule has 1 spiro atoms. The van der Waals surface area contributed by atoms with E-state index in [0.29, 0.717) is 25.0 Å². The zero-order chi connectivity index (χ0) is 22.5. The lowest BCUT2D eigenvalue weighted by atomic mass is 9.88. The summed E-state index contributed by atoms with van der Waals surface area (Å²) < 4.78 is 24.6. The standard InChI is InChI=1S/C27H46O5/c1-2-3-7-12-24(32-26-14-9-11-20-29-26)16-15-23-17-18-27(30-21-22-31-27)25(23)13-8-5-4-6-10-19-28/h5,8,15-16,23-26,28H,2-4,6-7,9-14,17-22H2,1H3/t23-,24-,25+,26?/m0/s1. The summed E-state index contributed by atoms with van der Waals surface area (Å²) >= 11 is 0. The van der Waals surface area contributed by atoms with E-state index in [1.165, 1.54) is 25.7 Å². The zero-order valence-corrected chi connectivity index (χ0v) is 20.2. The first-order valence-corrected chi connectivity index (χ1v) is 13.3. The molecule has 4 atom stereocenters. The van der Waals surface area contributed by atoms with Crippen LogP contribution in [0.3, 0.4) is 0 Å². The molecule has 32 heavy (non-hydrogen) atoms. The van der Waals surface area contributed by atoms with E-state index in [-0.39, 0.29) is 19.0 Å². The van der Waals surface area contributed by atoms with Gasteiger partial charge in [-0.05, 0) is 63.7 Å².